The van der Waals surface area contributed by atoms with Gasteiger partial charge in [0.05, 0.1) is 11.8 Å². The monoisotopic (exact) mass is 275 g/mol. The molecule has 2 heterocycles. The van der Waals surface area contributed by atoms with Crippen LogP contribution < -0.4 is 5.73 Å². The second-order valence-corrected chi connectivity index (χ2v) is 4.78. The number of aromatic nitrogens is 1. The van der Waals surface area contributed by atoms with E-state index in [9.17, 15) is 5.26 Å². The fourth-order valence-corrected chi connectivity index (χ4v) is 2.25. The van der Waals surface area contributed by atoms with Gasteiger partial charge in [0.25, 0.3) is 0 Å². The van der Waals surface area contributed by atoms with Crippen molar-refractivity contribution < 1.29 is 4.42 Å². The molecule has 3 rings (SSSR count). The van der Waals surface area contributed by atoms with Crippen LogP contribution in [-0.4, -0.2) is 4.98 Å². The minimum atomic E-state index is 0.209. The van der Waals surface area contributed by atoms with Crippen molar-refractivity contribution >= 4 is 5.82 Å². The average molecular weight is 275 g/mol. The minimum Gasteiger partial charge on any atom is -0.463 e. The van der Waals surface area contributed by atoms with Crippen LogP contribution >= 0.6 is 0 Å². The summed E-state index contributed by atoms with van der Waals surface area (Å²) in [5.41, 5.74) is 9.79. The van der Waals surface area contributed by atoms with Crippen LogP contribution in [0.5, 0.6) is 0 Å². The zero-order valence-electron chi connectivity index (χ0n) is 11.5. The van der Waals surface area contributed by atoms with Gasteiger partial charge >= 0.3 is 0 Å². The van der Waals surface area contributed by atoms with Crippen LogP contribution in [0.25, 0.3) is 22.6 Å². The maximum absolute atomic E-state index is 9.17. The van der Waals surface area contributed by atoms with Crippen LogP contribution in [0.2, 0.25) is 0 Å². The zero-order valence-corrected chi connectivity index (χ0v) is 11.5. The molecule has 2 aromatic heterocycles. The van der Waals surface area contributed by atoms with Gasteiger partial charge in [-0.05, 0) is 30.7 Å². The lowest BCUT2D eigenvalue weighted by Crippen LogP contribution is -1.99. The molecule has 0 spiro atoms. The van der Waals surface area contributed by atoms with E-state index in [1.54, 1.807) is 18.4 Å². The summed E-state index contributed by atoms with van der Waals surface area (Å²) in [6.07, 6.45) is 1.59. The molecule has 0 saturated carbocycles. The molecule has 0 saturated heterocycles. The Balaban J connectivity index is 2.29. The Morgan fingerprint density at radius 3 is 2.71 bits per heavy atom. The molecule has 0 atom stereocenters. The van der Waals surface area contributed by atoms with Crippen LogP contribution in [0.1, 0.15) is 11.1 Å². The number of hydrogen-bond donors (Lipinski definition) is 1. The van der Waals surface area contributed by atoms with Crippen molar-refractivity contribution in [2.45, 2.75) is 6.92 Å². The largest absolute Gasteiger partial charge is 0.463 e. The van der Waals surface area contributed by atoms with Gasteiger partial charge in [-0.25, -0.2) is 4.98 Å². The molecule has 0 aliphatic heterocycles. The van der Waals surface area contributed by atoms with E-state index in [0.29, 0.717) is 17.0 Å². The highest BCUT2D eigenvalue weighted by atomic mass is 16.3. The molecule has 0 aliphatic carbocycles. The quantitative estimate of drug-likeness (QED) is 0.772. The number of hydrogen-bond acceptors (Lipinski definition) is 4. The number of benzene rings is 1. The highest BCUT2D eigenvalue weighted by molar-refractivity contribution is 5.81. The van der Waals surface area contributed by atoms with Crippen molar-refractivity contribution in [2.75, 3.05) is 5.73 Å². The molecule has 0 fully saturated rings. The molecule has 0 amide bonds. The van der Waals surface area contributed by atoms with Gasteiger partial charge in [-0.2, -0.15) is 5.26 Å². The summed E-state index contributed by atoms with van der Waals surface area (Å²) in [5, 5.41) is 9.17. The summed E-state index contributed by atoms with van der Waals surface area (Å²) < 4.78 is 5.44. The number of pyridine rings is 1. The molecule has 2 N–H and O–H groups in total. The standard InChI is InChI=1S/C17H13N3O/c1-11-4-2-5-12(8-11)14-9-13(10-18)17(19)20-16(14)15-6-3-7-21-15/h2-9H,1H3,(H2,19,20). The van der Waals surface area contributed by atoms with Crippen molar-refractivity contribution in [3.8, 4) is 28.7 Å². The van der Waals surface area contributed by atoms with E-state index in [1.807, 2.05) is 37.3 Å². The Labute approximate surface area is 122 Å². The molecule has 0 radical (unpaired) electrons. The van der Waals surface area contributed by atoms with Crippen molar-refractivity contribution in [2.24, 2.45) is 0 Å². The summed E-state index contributed by atoms with van der Waals surface area (Å²) in [6.45, 7) is 2.02. The van der Waals surface area contributed by atoms with Gasteiger partial charge < -0.3 is 10.2 Å². The lowest BCUT2D eigenvalue weighted by atomic mass is 9.99. The lowest BCUT2D eigenvalue weighted by molar-refractivity contribution is 0.580. The van der Waals surface area contributed by atoms with E-state index in [1.165, 1.54) is 0 Å². The molecule has 0 unspecified atom stereocenters. The van der Waals surface area contributed by atoms with Crippen molar-refractivity contribution in [1.82, 2.24) is 4.98 Å². The summed E-state index contributed by atoms with van der Waals surface area (Å²) in [7, 11) is 0. The molecule has 4 heteroatoms. The third-order valence-corrected chi connectivity index (χ3v) is 3.26. The third-order valence-electron chi connectivity index (χ3n) is 3.26. The Kier molecular flexibility index (Phi) is 3.17. The molecule has 4 nitrogen and oxygen atoms in total. The van der Waals surface area contributed by atoms with E-state index in [0.717, 1.165) is 16.7 Å². The van der Waals surface area contributed by atoms with Gasteiger partial charge in [-0.15, -0.1) is 0 Å². The van der Waals surface area contributed by atoms with Crippen LogP contribution in [0.3, 0.4) is 0 Å². The predicted octanol–water partition coefficient (Wildman–Crippen LogP) is 3.77. The first-order valence-corrected chi connectivity index (χ1v) is 6.50. The molecule has 1 aromatic carbocycles. The van der Waals surface area contributed by atoms with E-state index in [-0.39, 0.29) is 5.82 Å². The van der Waals surface area contributed by atoms with Gasteiger partial charge in [-0.1, -0.05) is 29.8 Å². The minimum absolute atomic E-state index is 0.209. The molecule has 0 bridgehead atoms. The van der Waals surface area contributed by atoms with Gasteiger partial charge in [-0.3, -0.25) is 0 Å². The van der Waals surface area contributed by atoms with Gasteiger partial charge in [0.15, 0.2) is 5.76 Å². The van der Waals surface area contributed by atoms with E-state index < -0.39 is 0 Å². The first-order chi connectivity index (χ1) is 10.2. The fraction of sp³-hybridized carbons (Fsp3) is 0.0588. The van der Waals surface area contributed by atoms with E-state index in [2.05, 4.69) is 11.1 Å². The van der Waals surface area contributed by atoms with Crippen molar-refractivity contribution in [3.05, 3.63) is 59.9 Å². The second-order valence-electron chi connectivity index (χ2n) is 4.78. The normalized spacial score (nSPS) is 10.3. The van der Waals surface area contributed by atoms with Gasteiger partial charge in [0.2, 0.25) is 0 Å². The number of nitrogens with zero attached hydrogens (tertiary/aromatic N) is 2. The smallest absolute Gasteiger partial charge is 0.152 e. The number of aryl methyl sites for hydroxylation is 1. The average Bonchev–Trinajstić information content (AvgIpc) is 3.01. The Morgan fingerprint density at radius 1 is 1.19 bits per heavy atom. The lowest BCUT2D eigenvalue weighted by Gasteiger charge is -2.10. The van der Waals surface area contributed by atoms with Gasteiger partial charge in [0.1, 0.15) is 17.6 Å². The maximum Gasteiger partial charge on any atom is 0.152 e. The number of furan rings is 1. The topological polar surface area (TPSA) is 75.8 Å². The predicted molar refractivity (Wildman–Crippen MR) is 81.2 cm³/mol. The summed E-state index contributed by atoms with van der Waals surface area (Å²) in [4.78, 5) is 4.35. The number of rotatable bonds is 2. The Hall–Kier alpha value is -3.06. The number of nitriles is 1. The Morgan fingerprint density at radius 2 is 2.05 bits per heavy atom. The van der Waals surface area contributed by atoms with Crippen LogP contribution in [-0.2, 0) is 0 Å². The molecule has 21 heavy (non-hydrogen) atoms. The summed E-state index contributed by atoms with van der Waals surface area (Å²) in [5.74, 6) is 0.836. The first kappa shape index (κ1) is 12.9. The molecule has 3 aromatic rings. The maximum atomic E-state index is 9.17. The summed E-state index contributed by atoms with van der Waals surface area (Å²) in [6, 6.07) is 15.5. The number of nitrogens with two attached hydrogens (primary N) is 1. The molecule has 0 aliphatic rings. The highest BCUT2D eigenvalue weighted by Crippen LogP contribution is 2.33. The number of anilines is 1. The Bertz CT molecular complexity index is 830. The summed E-state index contributed by atoms with van der Waals surface area (Å²) >= 11 is 0. The van der Waals surface area contributed by atoms with Crippen LogP contribution in [0.4, 0.5) is 5.82 Å². The van der Waals surface area contributed by atoms with E-state index in [4.69, 9.17) is 10.2 Å². The van der Waals surface area contributed by atoms with Crippen molar-refractivity contribution in [1.29, 1.82) is 5.26 Å². The SMILES string of the molecule is Cc1cccc(-c2cc(C#N)c(N)nc2-c2ccco2)c1. The molecular weight excluding hydrogens is 262 g/mol. The number of nitrogen functional groups attached to an aromatic ring is 1. The van der Waals surface area contributed by atoms with E-state index >= 15 is 0 Å². The first-order valence-electron chi connectivity index (χ1n) is 6.50. The van der Waals surface area contributed by atoms with Crippen LogP contribution in [0, 0.1) is 18.3 Å². The third kappa shape index (κ3) is 2.37. The second kappa shape index (κ2) is 5.14. The van der Waals surface area contributed by atoms with Crippen LogP contribution in [0.15, 0.2) is 53.1 Å². The van der Waals surface area contributed by atoms with Crippen molar-refractivity contribution in [3.63, 3.8) is 0 Å². The zero-order chi connectivity index (χ0) is 14.8. The molecule has 102 valence electrons. The van der Waals surface area contributed by atoms with Gasteiger partial charge in [0, 0.05) is 5.56 Å². The molecular formula is C17H13N3O. The highest BCUT2D eigenvalue weighted by Gasteiger charge is 2.15. The fourth-order valence-electron chi connectivity index (χ4n) is 2.25.